The van der Waals surface area contributed by atoms with Crippen molar-refractivity contribution in [1.82, 2.24) is 4.57 Å². The lowest BCUT2D eigenvalue weighted by atomic mass is 9.95. The van der Waals surface area contributed by atoms with E-state index >= 15 is 0 Å². The third-order valence-corrected chi connectivity index (χ3v) is 7.77. The third kappa shape index (κ3) is 6.24. The molecule has 206 valence electrons. The lowest BCUT2D eigenvalue weighted by Crippen LogP contribution is -2.40. The highest BCUT2D eigenvalue weighted by atomic mass is 35.5. The van der Waals surface area contributed by atoms with Crippen molar-refractivity contribution in [1.29, 1.82) is 0 Å². The van der Waals surface area contributed by atoms with Gasteiger partial charge in [-0.1, -0.05) is 60.5 Å². The average molecular weight is 590 g/mol. The summed E-state index contributed by atoms with van der Waals surface area (Å²) in [5.41, 5.74) is 1.77. The topological polar surface area (TPSA) is 79.1 Å². The number of hydrogen-bond acceptors (Lipinski definition) is 7. The van der Waals surface area contributed by atoms with Crippen molar-refractivity contribution >= 4 is 46.6 Å². The zero-order valence-corrected chi connectivity index (χ0v) is 24.7. The van der Waals surface area contributed by atoms with E-state index in [1.165, 1.54) is 15.9 Å². The van der Waals surface area contributed by atoms with Gasteiger partial charge < -0.3 is 14.2 Å². The molecule has 1 aromatic heterocycles. The van der Waals surface area contributed by atoms with E-state index in [0.29, 0.717) is 60.2 Å². The van der Waals surface area contributed by atoms with Crippen molar-refractivity contribution < 1.29 is 19.0 Å². The van der Waals surface area contributed by atoms with Crippen molar-refractivity contribution in [2.75, 3.05) is 20.3 Å². The molecule has 0 saturated carbocycles. The first-order chi connectivity index (χ1) is 18.6. The Labute approximate surface area is 241 Å². The number of methoxy groups -OCH3 is 1. The molecule has 1 aliphatic heterocycles. The Hall–Kier alpha value is -3.07. The van der Waals surface area contributed by atoms with Gasteiger partial charge in [0.15, 0.2) is 16.3 Å². The summed E-state index contributed by atoms with van der Waals surface area (Å²) in [5.74, 6) is 1.06. The fourth-order valence-electron chi connectivity index (χ4n) is 4.24. The summed E-state index contributed by atoms with van der Waals surface area (Å²) in [4.78, 5) is 32.1. The van der Waals surface area contributed by atoms with Gasteiger partial charge in [0, 0.05) is 10.0 Å². The van der Waals surface area contributed by atoms with Gasteiger partial charge in [0.2, 0.25) is 0 Å². The molecule has 0 N–H and O–H groups in total. The van der Waals surface area contributed by atoms with Crippen molar-refractivity contribution in [3.05, 3.63) is 88.5 Å². The number of halogens is 2. The lowest BCUT2D eigenvalue weighted by Gasteiger charge is -2.25. The van der Waals surface area contributed by atoms with Gasteiger partial charge >= 0.3 is 5.97 Å². The Balaban J connectivity index is 1.88. The molecular formula is C29H30Cl2N2O5S. The van der Waals surface area contributed by atoms with Crippen LogP contribution in [0.3, 0.4) is 0 Å². The maximum absolute atomic E-state index is 13.8. The second kappa shape index (κ2) is 12.4. The Bertz CT molecular complexity index is 1610. The number of carbonyl (C=O) groups is 1. The molecule has 3 aromatic rings. The minimum atomic E-state index is -0.776. The molecular weight excluding hydrogens is 559 g/mol. The maximum atomic E-state index is 13.8. The quantitative estimate of drug-likeness (QED) is 0.307. The van der Waals surface area contributed by atoms with Gasteiger partial charge in [0.1, 0.15) is 0 Å². The van der Waals surface area contributed by atoms with Crippen molar-refractivity contribution in [2.24, 2.45) is 10.9 Å². The summed E-state index contributed by atoms with van der Waals surface area (Å²) >= 11 is 13.6. The van der Waals surface area contributed by atoms with Gasteiger partial charge in [0.05, 0.1) is 42.2 Å². The van der Waals surface area contributed by atoms with Gasteiger partial charge in [-0.2, -0.15) is 0 Å². The molecule has 1 unspecified atom stereocenters. The van der Waals surface area contributed by atoms with E-state index in [4.69, 9.17) is 37.4 Å². The first kappa shape index (κ1) is 28.9. The number of carbonyl (C=O) groups excluding carboxylic acids is 1. The molecule has 2 aromatic carbocycles. The van der Waals surface area contributed by atoms with Gasteiger partial charge in [-0.25, -0.2) is 9.79 Å². The van der Waals surface area contributed by atoms with Crippen LogP contribution in [0.4, 0.5) is 0 Å². The standard InChI is InChI=1S/C29H30Cl2N2O5S/c1-6-37-28(35)25-17(4)32-29-33(27(34)24(39-29)14-18-7-9-20(30)15-21(18)31)26(25)19-8-10-22(23(13-19)36-5)38-12-11-16(2)3/h7-10,13-16,26H,6,11-12H2,1-5H3/b24-14-. The second-order valence-electron chi connectivity index (χ2n) is 9.41. The molecule has 1 atom stereocenters. The first-order valence-electron chi connectivity index (χ1n) is 12.6. The van der Waals surface area contributed by atoms with Crippen LogP contribution >= 0.6 is 34.5 Å². The van der Waals surface area contributed by atoms with Gasteiger partial charge in [0.25, 0.3) is 5.56 Å². The van der Waals surface area contributed by atoms with Crippen molar-refractivity contribution in [2.45, 2.75) is 40.2 Å². The van der Waals surface area contributed by atoms with Gasteiger partial charge in [-0.3, -0.25) is 9.36 Å². The molecule has 0 saturated heterocycles. The zero-order chi connectivity index (χ0) is 28.3. The molecule has 0 radical (unpaired) electrons. The number of fused-ring (bicyclic) bond motifs is 1. The summed E-state index contributed by atoms with van der Waals surface area (Å²) < 4.78 is 18.9. The van der Waals surface area contributed by atoms with Crippen LogP contribution in [0.25, 0.3) is 6.08 Å². The average Bonchev–Trinajstić information content (AvgIpc) is 3.19. The summed E-state index contributed by atoms with van der Waals surface area (Å²) in [5, 5.41) is 0.921. The summed E-state index contributed by atoms with van der Waals surface area (Å²) in [6, 6.07) is 9.73. The summed E-state index contributed by atoms with van der Waals surface area (Å²) in [7, 11) is 1.56. The smallest absolute Gasteiger partial charge is 0.338 e. The van der Waals surface area contributed by atoms with Gasteiger partial charge in [-0.15, -0.1) is 0 Å². The Morgan fingerprint density at radius 3 is 2.62 bits per heavy atom. The zero-order valence-electron chi connectivity index (χ0n) is 22.4. The Morgan fingerprint density at radius 2 is 1.95 bits per heavy atom. The van der Waals surface area contributed by atoms with E-state index in [1.54, 1.807) is 57.4 Å². The molecule has 39 heavy (non-hydrogen) atoms. The fraction of sp³-hybridized carbons (Fsp3) is 0.345. The minimum Gasteiger partial charge on any atom is -0.493 e. The normalized spacial score (nSPS) is 15.3. The fourth-order valence-corrected chi connectivity index (χ4v) is 5.75. The number of esters is 1. The van der Waals surface area contributed by atoms with Crippen LogP contribution in [0, 0.1) is 5.92 Å². The van der Waals surface area contributed by atoms with Crippen LogP contribution in [0.1, 0.15) is 51.3 Å². The molecule has 0 aliphatic carbocycles. The number of hydrogen-bond donors (Lipinski definition) is 0. The molecule has 4 rings (SSSR count). The van der Waals surface area contributed by atoms with Crippen LogP contribution in [0.5, 0.6) is 11.5 Å². The number of allylic oxidation sites excluding steroid dienone is 1. The number of aromatic nitrogens is 1. The monoisotopic (exact) mass is 588 g/mol. The van der Waals surface area contributed by atoms with Crippen LogP contribution in [0.2, 0.25) is 10.0 Å². The van der Waals surface area contributed by atoms with E-state index < -0.39 is 12.0 Å². The predicted octanol–water partition coefficient (Wildman–Crippen LogP) is 5.54. The van der Waals surface area contributed by atoms with E-state index in [1.807, 2.05) is 6.07 Å². The van der Waals surface area contributed by atoms with Crippen molar-refractivity contribution in [3.63, 3.8) is 0 Å². The number of rotatable bonds is 9. The third-order valence-electron chi connectivity index (χ3n) is 6.22. The molecule has 0 fully saturated rings. The summed E-state index contributed by atoms with van der Waals surface area (Å²) in [6.45, 7) is 8.47. The lowest BCUT2D eigenvalue weighted by molar-refractivity contribution is -0.139. The number of benzene rings is 2. The van der Waals surface area contributed by atoms with E-state index in [0.717, 1.165) is 6.42 Å². The predicted molar refractivity (Wildman–Crippen MR) is 155 cm³/mol. The second-order valence-corrected chi connectivity index (χ2v) is 11.3. The largest absolute Gasteiger partial charge is 0.493 e. The number of thiazole rings is 1. The highest BCUT2D eigenvalue weighted by molar-refractivity contribution is 7.07. The highest BCUT2D eigenvalue weighted by Gasteiger charge is 2.34. The molecule has 1 aliphatic rings. The van der Waals surface area contributed by atoms with Crippen molar-refractivity contribution in [3.8, 4) is 11.5 Å². The molecule has 10 heteroatoms. The number of ether oxygens (including phenoxy) is 3. The Kier molecular flexibility index (Phi) is 9.20. The van der Waals surface area contributed by atoms with Crippen LogP contribution in [0.15, 0.2) is 57.5 Å². The molecule has 0 amide bonds. The maximum Gasteiger partial charge on any atom is 0.338 e. The van der Waals surface area contributed by atoms with Crippen LogP contribution in [-0.4, -0.2) is 30.9 Å². The number of nitrogens with zero attached hydrogens (tertiary/aromatic N) is 2. The van der Waals surface area contributed by atoms with E-state index in [9.17, 15) is 9.59 Å². The van der Waals surface area contributed by atoms with Crippen LogP contribution < -0.4 is 24.4 Å². The van der Waals surface area contributed by atoms with Crippen LogP contribution in [-0.2, 0) is 9.53 Å². The molecule has 2 heterocycles. The van der Waals surface area contributed by atoms with E-state index in [-0.39, 0.29) is 17.7 Å². The summed E-state index contributed by atoms with van der Waals surface area (Å²) in [6.07, 6.45) is 2.60. The molecule has 7 nitrogen and oxygen atoms in total. The SMILES string of the molecule is CCOC(=O)C1=C(C)N=c2s/c(=C\c3ccc(Cl)cc3Cl)c(=O)n2C1c1ccc(OCCC(C)C)c(OC)c1. The Morgan fingerprint density at radius 1 is 1.18 bits per heavy atom. The first-order valence-corrected chi connectivity index (χ1v) is 14.2. The minimum absolute atomic E-state index is 0.188. The molecule has 0 spiro atoms. The molecule has 0 bridgehead atoms. The van der Waals surface area contributed by atoms with E-state index in [2.05, 4.69) is 18.8 Å². The highest BCUT2D eigenvalue weighted by Crippen LogP contribution is 2.36. The van der Waals surface area contributed by atoms with Gasteiger partial charge in [-0.05, 0) is 67.7 Å².